The van der Waals surface area contributed by atoms with Crippen molar-refractivity contribution in [1.29, 1.82) is 0 Å². The third-order valence-electron chi connectivity index (χ3n) is 2.91. The van der Waals surface area contributed by atoms with Crippen molar-refractivity contribution in [2.24, 2.45) is 0 Å². The van der Waals surface area contributed by atoms with Gasteiger partial charge in [0.25, 0.3) is 0 Å². The summed E-state index contributed by atoms with van der Waals surface area (Å²) < 4.78 is 5.28. The molecule has 0 spiro atoms. The first-order valence-corrected chi connectivity index (χ1v) is 5.54. The van der Waals surface area contributed by atoms with Crippen LogP contribution >= 0.6 is 0 Å². The van der Waals surface area contributed by atoms with Crippen LogP contribution in [0.5, 0.6) is 5.75 Å². The molecule has 0 unspecified atom stereocenters. The Kier molecular flexibility index (Phi) is 2.38. The lowest BCUT2D eigenvalue weighted by atomic mass is 10.0. The summed E-state index contributed by atoms with van der Waals surface area (Å²) in [6.45, 7) is 0. The Hall–Kier alpha value is -2.55. The summed E-state index contributed by atoms with van der Waals surface area (Å²) in [5.41, 5.74) is 3.00. The molecular formula is C15H10O3. The monoisotopic (exact) mass is 238 g/mol. The summed E-state index contributed by atoms with van der Waals surface area (Å²) in [5, 5.41) is 10.2. The zero-order valence-electron chi connectivity index (χ0n) is 9.46. The smallest absolute Gasteiger partial charge is 0.153 e. The molecular weight excluding hydrogens is 228 g/mol. The van der Waals surface area contributed by atoms with Gasteiger partial charge >= 0.3 is 0 Å². The van der Waals surface area contributed by atoms with Gasteiger partial charge in [0.1, 0.15) is 11.3 Å². The number of rotatable bonds is 2. The van der Waals surface area contributed by atoms with Gasteiger partial charge in [0, 0.05) is 5.39 Å². The van der Waals surface area contributed by atoms with E-state index in [0.717, 1.165) is 22.8 Å². The molecule has 1 heterocycles. The van der Waals surface area contributed by atoms with Crippen molar-refractivity contribution in [3.05, 3.63) is 54.3 Å². The van der Waals surface area contributed by atoms with Gasteiger partial charge in [-0.3, -0.25) is 4.79 Å². The molecule has 1 N–H and O–H groups in total. The van der Waals surface area contributed by atoms with E-state index < -0.39 is 0 Å². The first kappa shape index (κ1) is 10.6. The van der Waals surface area contributed by atoms with E-state index in [2.05, 4.69) is 0 Å². The van der Waals surface area contributed by atoms with Gasteiger partial charge in [-0.2, -0.15) is 0 Å². The number of aromatic hydroxyl groups is 1. The van der Waals surface area contributed by atoms with E-state index in [4.69, 9.17) is 4.42 Å². The molecule has 0 amide bonds. The maximum absolute atomic E-state index is 11.1. The average Bonchev–Trinajstić information content (AvgIpc) is 2.86. The highest BCUT2D eigenvalue weighted by Crippen LogP contribution is 2.28. The molecule has 0 atom stereocenters. The summed E-state index contributed by atoms with van der Waals surface area (Å²) in [4.78, 5) is 11.1. The lowest BCUT2D eigenvalue weighted by molar-refractivity contribution is 0.112. The Morgan fingerprint density at radius 1 is 1.00 bits per heavy atom. The summed E-state index contributed by atoms with van der Waals surface area (Å²) in [6, 6.07) is 12.4. The minimum Gasteiger partial charge on any atom is -0.508 e. The number of aldehydes is 1. The molecule has 3 heteroatoms. The largest absolute Gasteiger partial charge is 0.508 e. The Labute approximate surface area is 103 Å². The number of hydrogen-bond donors (Lipinski definition) is 1. The van der Waals surface area contributed by atoms with Crippen molar-refractivity contribution in [2.75, 3.05) is 0 Å². The van der Waals surface area contributed by atoms with E-state index in [9.17, 15) is 9.90 Å². The number of phenolic OH excluding ortho intramolecular Hbond substituents is 1. The van der Waals surface area contributed by atoms with E-state index in [1.54, 1.807) is 24.5 Å². The van der Waals surface area contributed by atoms with Crippen molar-refractivity contribution in [2.45, 2.75) is 0 Å². The van der Waals surface area contributed by atoms with E-state index in [0.29, 0.717) is 11.1 Å². The van der Waals surface area contributed by atoms with Crippen molar-refractivity contribution in [3.8, 4) is 16.9 Å². The SMILES string of the molecule is O=Cc1cc(-c2ccc(O)cc2)cc2ccoc12. The second kappa shape index (κ2) is 4.04. The summed E-state index contributed by atoms with van der Waals surface area (Å²) in [5.74, 6) is 0.221. The third kappa shape index (κ3) is 1.66. The Balaban J connectivity index is 2.22. The summed E-state index contributed by atoms with van der Waals surface area (Å²) in [6.07, 6.45) is 2.36. The number of benzene rings is 2. The molecule has 1 aromatic heterocycles. The maximum Gasteiger partial charge on any atom is 0.153 e. The lowest BCUT2D eigenvalue weighted by Crippen LogP contribution is -1.84. The Bertz CT molecular complexity index is 708. The van der Waals surface area contributed by atoms with Crippen molar-refractivity contribution in [1.82, 2.24) is 0 Å². The van der Waals surface area contributed by atoms with Crippen LogP contribution in [0.3, 0.4) is 0 Å². The summed E-state index contributed by atoms with van der Waals surface area (Å²) >= 11 is 0. The molecule has 0 saturated carbocycles. The van der Waals surface area contributed by atoms with Crippen molar-refractivity contribution >= 4 is 17.3 Å². The van der Waals surface area contributed by atoms with E-state index in [1.165, 1.54) is 0 Å². The third-order valence-corrected chi connectivity index (χ3v) is 2.91. The van der Waals surface area contributed by atoms with Gasteiger partial charge in [-0.25, -0.2) is 0 Å². The van der Waals surface area contributed by atoms with Gasteiger partial charge < -0.3 is 9.52 Å². The molecule has 3 nitrogen and oxygen atoms in total. The van der Waals surface area contributed by atoms with Gasteiger partial charge in [-0.1, -0.05) is 12.1 Å². The molecule has 2 aromatic carbocycles. The van der Waals surface area contributed by atoms with Crippen LogP contribution in [0.25, 0.3) is 22.1 Å². The zero-order valence-corrected chi connectivity index (χ0v) is 9.46. The quantitative estimate of drug-likeness (QED) is 0.694. The number of phenols is 1. The minimum absolute atomic E-state index is 0.221. The van der Waals surface area contributed by atoms with E-state index in [1.807, 2.05) is 24.3 Å². The first-order valence-electron chi connectivity index (χ1n) is 5.54. The van der Waals surface area contributed by atoms with Crippen LogP contribution < -0.4 is 0 Å². The molecule has 0 fully saturated rings. The van der Waals surface area contributed by atoms with Crippen LogP contribution in [0, 0.1) is 0 Å². The molecule has 3 aromatic rings. The molecule has 0 aliphatic rings. The fourth-order valence-corrected chi connectivity index (χ4v) is 2.02. The topological polar surface area (TPSA) is 50.4 Å². The number of fused-ring (bicyclic) bond motifs is 1. The highest BCUT2D eigenvalue weighted by atomic mass is 16.3. The second-order valence-electron chi connectivity index (χ2n) is 4.07. The molecule has 3 rings (SSSR count). The molecule has 0 aliphatic heterocycles. The maximum atomic E-state index is 11.1. The molecule has 0 radical (unpaired) electrons. The zero-order chi connectivity index (χ0) is 12.5. The Morgan fingerprint density at radius 3 is 2.50 bits per heavy atom. The molecule has 0 aliphatic carbocycles. The fourth-order valence-electron chi connectivity index (χ4n) is 2.02. The predicted octanol–water partition coefficient (Wildman–Crippen LogP) is 3.62. The van der Waals surface area contributed by atoms with Crippen LogP contribution in [0.15, 0.2) is 53.1 Å². The normalized spacial score (nSPS) is 10.7. The predicted molar refractivity (Wildman–Crippen MR) is 68.7 cm³/mol. The average molecular weight is 238 g/mol. The van der Waals surface area contributed by atoms with Gasteiger partial charge in [-0.05, 0) is 41.5 Å². The number of carbonyl (C=O) groups excluding carboxylic acids is 1. The molecule has 88 valence electrons. The molecule has 0 bridgehead atoms. The van der Waals surface area contributed by atoms with Gasteiger partial charge in [0.2, 0.25) is 0 Å². The highest BCUT2D eigenvalue weighted by molar-refractivity contribution is 5.97. The summed E-state index contributed by atoms with van der Waals surface area (Å²) in [7, 11) is 0. The minimum atomic E-state index is 0.221. The van der Waals surface area contributed by atoms with Crippen LogP contribution in [0.1, 0.15) is 10.4 Å². The molecule has 18 heavy (non-hydrogen) atoms. The van der Waals surface area contributed by atoms with E-state index in [-0.39, 0.29) is 5.75 Å². The van der Waals surface area contributed by atoms with Crippen LogP contribution in [0.2, 0.25) is 0 Å². The van der Waals surface area contributed by atoms with Gasteiger partial charge in [0.05, 0.1) is 11.8 Å². The van der Waals surface area contributed by atoms with E-state index >= 15 is 0 Å². The number of carbonyl (C=O) groups is 1. The molecule has 0 saturated heterocycles. The van der Waals surface area contributed by atoms with Crippen LogP contribution in [-0.4, -0.2) is 11.4 Å². The second-order valence-corrected chi connectivity index (χ2v) is 4.07. The van der Waals surface area contributed by atoms with Crippen molar-refractivity contribution in [3.63, 3.8) is 0 Å². The fraction of sp³-hybridized carbons (Fsp3) is 0. The first-order chi connectivity index (χ1) is 8.78. The Morgan fingerprint density at radius 2 is 1.78 bits per heavy atom. The number of furan rings is 1. The lowest BCUT2D eigenvalue weighted by Gasteiger charge is -2.03. The number of hydrogen-bond acceptors (Lipinski definition) is 3. The van der Waals surface area contributed by atoms with Gasteiger partial charge in [0.15, 0.2) is 6.29 Å². The van der Waals surface area contributed by atoms with Crippen LogP contribution in [0.4, 0.5) is 0 Å². The standard InChI is InChI=1S/C15H10O3/c16-9-13-8-12(7-11-5-6-18-15(11)13)10-1-3-14(17)4-2-10/h1-9,17H. The van der Waals surface area contributed by atoms with Crippen LogP contribution in [-0.2, 0) is 0 Å². The van der Waals surface area contributed by atoms with Gasteiger partial charge in [-0.15, -0.1) is 0 Å². The highest BCUT2D eigenvalue weighted by Gasteiger charge is 2.07. The van der Waals surface area contributed by atoms with Crippen molar-refractivity contribution < 1.29 is 14.3 Å².